The standard InChI is InChI=1S/C13H17NO2S/c1-10(17-11(2)15)8-14-9-13(16)12-6-4-3-5-7-12/h3-7,10,14H,8-9H2,1-2H3. The van der Waals surface area contributed by atoms with Crippen molar-refractivity contribution in [1.82, 2.24) is 5.32 Å². The van der Waals surface area contributed by atoms with Crippen molar-refractivity contribution in [2.45, 2.75) is 19.1 Å². The number of hydrogen-bond acceptors (Lipinski definition) is 4. The van der Waals surface area contributed by atoms with E-state index in [1.807, 2.05) is 25.1 Å². The van der Waals surface area contributed by atoms with Gasteiger partial charge in [0, 0.05) is 24.3 Å². The quantitative estimate of drug-likeness (QED) is 0.787. The Bertz CT molecular complexity index is 378. The van der Waals surface area contributed by atoms with E-state index in [0.717, 1.165) is 0 Å². The molecule has 1 N–H and O–H groups in total. The van der Waals surface area contributed by atoms with Gasteiger partial charge in [-0.05, 0) is 0 Å². The molecule has 0 fully saturated rings. The molecule has 0 bridgehead atoms. The average Bonchev–Trinajstić information content (AvgIpc) is 2.29. The van der Waals surface area contributed by atoms with Crippen LogP contribution in [-0.4, -0.2) is 29.2 Å². The summed E-state index contributed by atoms with van der Waals surface area (Å²) in [4.78, 5) is 22.6. The zero-order valence-corrected chi connectivity index (χ0v) is 10.9. The molecule has 4 heteroatoms. The van der Waals surface area contributed by atoms with Crippen LogP contribution in [0.25, 0.3) is 0 Å². The van der Waals surface area contributed by atoms with Gasteiger partial charge in [-0.3, -0.25) is 9.59 Å². The van der Waals surface area contributed by atoms with Gasteiger partial charge >= 0.3 is 0 Å². The largest absolute Gasteiger partial charge is 0.309 e. The van der Waals surface area contributed by atoms with Crippen LogP contribution in [0.3, 0.4) is 0 Å². The Balaban J connectivity index is 2.28. The van der Waals surface area contributed by atoms with Crippen LogP contribution >= 0.6 is 11.8 Å². The van der Waals surface area contributed by atoms with Gasteiger partial charge in [-0.2, -0.15) is 0 Å². The molecule has 0 aromatic heterocycles. The van der Waals surface area contributed by atoms with Crippen LogP contribution in [0.5, 0.6) is 0 Å². The Morgan fingerprint density at radius 3 is 2.53 bits per heavy atom. The Morgan fingerprint density at radius 2 is 1.94 bits per heavy atom. The summed E-state index contributed by atoms with van der Waals surface area (Å²) < 4.78 is 0. The van der Waals surface area contributed by atoms with Crippen molar-refractivity contribution in [2.75, 3.05) is 13.1 Å². The Hall–Kier alpha value is -1.13. The van der Waals surface area contributed by atoms with Crippen LogP contribution in [0.15, 0.2) is 30.3 Å². The highest BCUT2D eigenvalue weighted by Crippen LogP contribution is 2.09. The van der Waals surface area contributed by atoms with Gasteiger partial charge in [-0.1, -0.05) is 49.0 Å². The Morgan fingerprint density at radius 1 is 1.29 bits per heavy atom. The summed E-state index contributed by atoms with van der Waals surface area (Å²) >= 11 is 1.29. The first kappa shape index (κ1) is 13.9. The first-order chi connectivity index (χ1) is 8.09. The van der Waals surface area contributed by atoms with Crippen molar-refractivity contribution in [1.29, 1.82) is 0 Å². The molecule has 0 saturated heterocycles. The summed E-state index contributed by atoms with van der Waals surface area (Å²) in [5.74, 6) is 0.0747. The summed E-state index contributed by atoms with van der Waals surface area (Å²) in [6.45, 7) is 4.48. The summed E-state index contributed by atoms with van der Waals surface area (Å²) in [5, 5.41) is 3.36. The lowest BCUT2D eigenvalue weighted by molar-refractivity contribution is -0.109. The first-order valence-corrected chi connectivity index (χ1v) is 6.43. The van der Waals surface area contributed by atoms with Crippen LogP contribution in [0.2, 0.25) is 0 Å². The third kappa shape index (κ3) is 5.65. The molecule has 0 radical (unpaired) electrons. The van der Waals surface area contributed by atoms with Crippen molar-refractivity contribution in [3.8, 4) is 0 Å². The number of thioether (sulfide) groups is 1. The van der Waals surface area contributed by atoms with Gasteiger partial charge < -0.3 is 5.32 Å². The zero-order chi connectivity index (χ0) is 12.7. The van der Waals surface area contributed by atoms with Crippen molar-refractivity contribution in [3.63, 3.8) is 0 Å². The normalized spacial score (nSPS) is 12.1. The maximum Gasteiger partial charge on any atom is 0.186 e. The number of Topliss-reactive ketones (excluding diaryl/α,β-unsaturated/α-hetero) is 1. The number of ketones is 1. The highest BCUT2D eigenvalue weighted by atomic mass is 32.2. The fourth-order valence-corrected chi connectivity index (χ4v) is 2.21. The van der Waals surface area contributed by atoms with E-state index >= 15 is 0 Å². The van der Waals surface area contributed by atoms with Crippen LogP contribution < -0.4 is 5.32 Å². The molecular weight excluding hydrogens is 234 g/mol. The molecule has 0 heterocycles. The fraction of sp³-hybridized carbons (Fsp3) is 0.385. The molecule has 0 saturated carbocycles. The molecule has 92 valence electrons. The zero-order valence-electron chi connectivity index (χ0n) is 10.1. The van der Waals surface area contributed by atoms with Crippen molar-refractivity contribution >= 4 is 22.7 Å². The Kier molecular flexibility index (Phi) is 5.94. The molecule has 1 aromatic carbocycles. The first-order valence-electron chi connectivity index (χ1n) is 5.56. The number of carbonyl (C=O) groups is 2. The fourth-order valence-electron chi connectivity index (χ4n) is 1.44. The van der Waals surface area contributed by atoms with E-state index in [-0.39, 0.29) is 16.1 Å². The summed E-state index contributed by atoms with van der Waals surface area (Å²) in [6.07, 6.45) is 0. The topological polar surface area (TPSA) is 46.2 Å². The van der Waals surface area contributed by atoms with Crippen molar-refractivity contribution < 1.29 is 9.59 Å². The third-order valence-corrected chi connectivity index (χ3v) is 3.08. The smallest absolute Gasteiger partial charge is 0.186 e. The molecule has 17 heavy (non-hydrogen) atoms. The Labute approximate surface area is 106 Å². The molecule has 3 nitrogen and oxygen atoms in total. The van der Waals surface area contributed by atoms with E-state index < -0.39 is 0 Å². The minimum absolute atomic E-state index is 0.0747. The molecule has 0 aliphatic carbocycles. The van der Waals surface area contributed by atoms with Gasteiger partial charge in [-0.15, -0.1) is 0 Å². The van der Waals surface area contributed by atoms with E-state index in [0.29, 0.717) is 18.7 Å². The molecule has 0 aliphatic rings. The lowest BCUT2D eigenvalue weighted by Crippen LogP contribution is -2.29. The second-order valence-corrected chi connectivity index (χ2v) is 5.46. The van der Waals surface area contributed by atoms with E-state index in [1.165, 1.54) is 11.8 Å². The van der Waals surface area contributed by atoms with Crippen molar-refractivity contribution in [3.05, 3.63) is 35.9 Å². The highest BCUT2D eigenvalue weighted by Gasteiger charge is 2.08. The van der Waals surface area contributed by atoms with Crippen LogP contribution in [0, 0.1) is 0 Å². The lowest BCUT2D eigenvalue weighted by atomic mass is 10.1. The summed E-state index contributed by atoms with van der Waals surface area (Å²) in [5.41, 5.74) is 0.715. The van der Waals surface area contributed by atoms with Gasteiger partial charge in [0.1, 0.15) is 0 Å². The average molecular weight is 251 g/mol. The monoisotopic (exact) mass is 251 g/mol. The predicted molar refractivity (Wildman–Crippen MR) is 71.4 cm³/mol. The van der Waals surface area contributed by atoms with Crippen molar-refractivity contribution in [2.24, 2.45) is 0 Å². The maximum atomic E-state index is 11.7. The molecule has 1 rings (SSSR count). The predicted octanol–water partition coefficient (Wildman–Crippen LogP) is 2.13. The van der Waals surface area contributed by atoms with Gasteiger partial charge in [0.2, 0.25) is 0 Å². The minimum atomic E-state index is 0.0747. The third-order valence-electron chi connectivity index (χ3n) is 2.18. The second-order valence-electron chi connectivity index (χ2n) is 3.84. The van der Waals surface area contributed by atoms with Crippen LogP contribution in [0.4, 0.5) is 0 Å². The molecule has 0 amide bonds. The number of hydrogen-bond donors (Lipinski definition) is 1. The molecular formula is C13H17NO2S. The molecule has 0 aliphatic heterocycles. The van der Waals surface area contributed by atoms with Crippen LogP contribution in [-0.2, 0) is 4.79 Å². The van der Waals surface area contributed by atoms with E-state index in [2.05, 4.69) is 5.32 Å². The highest BCUT2D eigenvalue weighted by molar-refractivity contribution is 8.14. The maximum absolute atomic E-state index is 11.7. The number of rotatable bonds is 6. The second kappa shape index (κ2) is 7.25. The van der Waals surface area contributed by atoms with E-state index in [1.54, 1.807) is 19.1 Å². The molecule has 1 aromatic rings. The molecule has 0 spiro atoms. The molecule has 1 unspecified atom stereocenters. The summed E-state index contributed by atoms with van der Waals surface area (Å²) in [7, 11) is 0. The van der Waals surface area contributed by atoms with Gasteiger partial charge in [0.15, 0.2) is 10.9 Å². The van der Waals surface area contributed by atoms with Crippen LogP contribution in [0.1, 0.15) is 24.2 Å². The van der Waals surface area contributed by atoms with Gasteiger partial charge in [0.25, 0.3) is 0 Å². The summed E-state index contributed by atoms with van der Waals surface area (Å²) in [6, 6.07) is 9.19. The molecule has 1 atom stereocenters. The number of benzene rings is 1. The van der Waals surface area contributed by atoms with Gasteiger partial charge in [0.05, 0.1) is 6.54 Å². The van der Waals surface area contributed by atoms with Gasteiger partial charge in [-0.25, -0.2) is 0 Å². The SMILES string of the molecule is CC(=O)SC(C)CNCC(=O)c1ccccc1. The lowest BCUT2D eigenvalue weighted by Gasteiger charge is -2.09. The number of nitrogens with one attached hydrogen (secondary N) is 1. The minimum Gasteiger partial charge on any atom is -0.309 e. The van der Waals surface area contributed by atoms with E-state index in [9.17, 15) is 9.59 Å². The number of carbonyl (C=O) groups excluding carboxylic acids is 2. The van der Waals surface area contributed by atoms with E-state index in [4.69, 9.17) is 0 Å².